The number of carbonyl (C=O) groups excluding carboxylic acids is 1. The van der Waals surface area contributed by atoms with Crippen LogP contribution in [0.2, 0.25) is 0 Å². The summed E-state index contributed by atoms with van der Waals surface area (Å²) in [6, 6.07) is 0.249. The van der Waals surface area contributed by atoms with Crippen LogP contribution in [-0.2, 0) is 9.59 Å². The summed E-state index contributed by atoms with van der Waals surface area (Å²) in [6.07, 6.45) is 8.86. The standard InChI is InChI=1S/C16H27NO3/c1-12-7-6-8-13(12)17-14(18)11-16(15(19)20)9-4-2-3-5-10-16/h12-13H,2-11H2,1H3,(H,17,18)(H,19,20). The number of aliphatic carboxylic acids is 1. The molecule has 0 aromatic heterocycles. The zero-order valence-electron chi connectivity index (χ0n) is 12.5. The van der Waals surface area contributed by atoms with Crippen molar-refractivity contribution in [3.63, 3.8) is 0 Å². The second-order valence-corrected chi connectivity index (χ2v) is 6.76. The molecule has 4 heteroatoms. The third-order valence-electron chi connectivity index (χ3n) is 5.22. The molecule has 2 aliphatic rings. The number of amides is 1. The largest absolute Gasteiger partial charge is 0.481 e. The predicted molar refractivity (Wildman–Crippen MR) is 77.3 cm³/mol. The van der Waals surface area contributed by atoms with E-state index in [1.165, 1.54) is 0 Å². The molecule has 0 spiro atoms. The fraction of sp³-hybridized carbons (Fsp3) is 0.875. The Labute approximate surface area is 121 Å². The van der Waals surface area contributed by atoms with Gasteiger partial charge in [-0.25, -0.2) is 0 Å². The van der Waals surface area contributed by atoms with Crippen LogP contribution < -0.4 is 5.32 Å². The molecule has 0 aromatic carbocycles. The van der Waals surface area contributed by atoms with Gasteiger partial charge in [-0.05, 0) is 31.6 Å². The van der Waals surface area contributed by atoms with E-state index >= 15 is 0 Å². The maximum Gasteiger partial charge on any atom is 0.310 e. The Morgan fingerprint density at radius 2 is 1.75 bits per heavy atom. The SMILES string of the molecule is CC1CCCC1NC(=O)CC1(C(=O)O)CCCCCC1. The van der Waals surface area contributed by atoms with E-state index in [0.29, 0.717) is 18.8 Å². The third kappa shape index (κ3) is 3.53. The molecular weight excluding hydrogens is 254 g/mol. The fourth-order valence-corrected chi connectivity index (χ4v) is 3.80. The molecule has 0 heterocycles. The molecule has 2 aliphatic carbocycles. The molecule has 0 bridgehead atoms. The van der Waals surface area contributed by atoms with Crippen molar-refractivity contribution in [1.29, 1.82) is 0 Å². The van der Waals surface area contributed by atoms with Crippen molar-refractivity contribution in [3.05, 3.63) is 0 Å². The van der Waals surface area contributed by atoms with Crippen molar-refractivity contribution in [1.82, 2.24) is 5.32 Å². The highest BCUT2D eigenvalue weighted by molar-refractivity contribution is 5.85. The second-order valence-electron chi connectivity index (χ2n) is 6.76. The topological polar surface area (TPSA) is 66.4 Å². The molecule has 2 saturated carbocycles. The minimum absolute atomic E-state index is 0.0620. The highest BCUT2D eigenvalue weighted by Gasteiger charge is 2.41. The van der Waals surface area contributed by atoms with Gasteiger partial charge in [0.2, 0.25) is 5.91 Å². The number of nitrogens with one attached hydrogen (secondary N) is 1. The quantitative estimate of drug-likeness (QED) is 0.778. The number of carbonyl (C=O) groups is 2. The minimum atomic E-state index is -0.817. The van der Waals surface area contributed by atoms with E-state index < -0.39 is 11.4 Å². The normalized spacial score (nSPS) is 29.6. The molecule has 0 aliphatic heterocycles. The molecule has 4 nitrogen and oxygen atoms in total. The summed E-state index contributed by atoms with van der Waals surface area (Å²) in [6.45, 7) is 2.16. The molecule has 2 rings (SSSR count). The zero-order chi connectivity index (χ0) is 14.6. The first-order valence-corrected chi connectivity index (χ1v) is 8.06. The summed E-state index contributed by atoms with van der Waals surface area (Å²) in [5.74, 6) is -0.323. The zero-order valence-corrected chi connectivity index (χ0v) is 12.5. The average Bonchev–Trinajstić information content (AvgIpc) is 2.66. The van der Waals surface area contributed by atoms with E-state index in [1.807, 2.05) is 0 Å². The molecule has 2 N–H and O–H groups in total. The summed E-state index contributed by atoms with van der Waals surface area (Å²) < 4.78 is 0. The molecule has 0 saturated heterocycles. The Balaban J connectivity index is 1.96. The summed E-state index contributed by atoms with van der Waals surface area (Å²) >= 11 is 0. The van der Waals surface area contributed by atoms with Crippen LogP contribution in [0.4, 0.5) is 0 Å². The molecule has 2 atom stereocenters. The van der Waals surface area contributed by atoms with Crippen molar-refractivity contribution < 1.29 is 14.7 Å². The minimum Gasteiger partial charge on any atom is -0.481 e. The van der Waals surface area contributed by atoms with E-state index in [4.69, 9.17) is 0 Å². The number of carboxylic acid groups (broad SMARTS) is 1. The summed E-state index contributed by atoms with van der Waals surface area (Å²) in [4.78, 5) is 23.9. The molecule has 2 fully saturated rings. The van der Waals surface area contributed by atoms with Crippen LogP contribution in [0.3, 0.4) is 0 Å². The first kappa shape index (κ1) is 15.3. The monoisotopic (exact) mass is 281 g/mol. The van der Waals surface area contributed by atoms with Crippen molar-refractivity contribution in [2.24, 2.45) is 11.3 Å². The van der Waals surface area contributed by atoms with Gasteiger partial charge in [0.25, 0.3) is 0 Å². The lowest BCUT2D eigenvalue weighted by Crippen LogP contribution is -2.42. The molecule has 20 heavy (non-hydrogen) atoms. The number of carboxylic acids is 1. The van der Waals surface area contributed by atoms with Gasteiger partial charge >= 0.3 is 5.97 Å². The van der Waals surface area contributed by atoms with E-state index in [9.17, 15) is 14.7 Å². The Kier molecular flexibility index (Phi) is 5.06. The first-order chi connectivity index (χ1) is 9.53. The van der Waals surface area contributed by atoms with Crippen LogP contribution in [0.1, 0.15) is 71.1 Å². The van der Waals surface area contributed by atoms with Crippen LogP contribution in [0.5, 0.6) is 0 Å². The average molecular weight is 281 g/mol. The molecule has 0 aromatic rings. The van der Waals surface area contributed by atoms with Gasteiger partial charge in [0.05, 0.1) is 5.41 Å². The second kappa shape index (κ2) is 6.59. The maximum atomic E-state index is 12.3. The van der Waals surface area contributed by atoms with E-state index in [1.54, 1.807) is 0 Å². The Bertz CT molecular complexity index is 359. The van der Waals surface area contributed by atoms with Gasteiger partial charge in [0.1, 0.15) is 0 Å². The first-order valence-electron chi connectivity index (χ1n) is 8.06. The van der Waals surface area contributed by atoms with Crippen LogP contribution in [0, 0.1) is 11.3 Å². The van der Waals surface area contributed by atoms with E-state index in [0.717, 1.165) is 44.9 Å². The lowest BCUT2D eigenvalue weighted by Gasteiger charge is -2.28. The van der Waals surface area contributed by atoms with Gasteiger partial charge < -0.3 is 10.4 Å². The predicted octanol–water partition coefficient (Wildman–Crippen LogP) is 3.11. The Hall–Kier alpha value is -1.06. The van der Waals surface area contributed by atoms with Gasteiger partial charge in [-0.3, -0.25) is 9.59 Å². The lowest BCUT2D eigenvalue weighted by atomic mass is 9.77. The van der Waals surface area contributed by atoms with Gasteiger partial charge in [0, 0.05) is 12.5 Å². The van der Waals surface area contributed by atoms with Crippen LogP contribution >= 0.6 is 0 Å². The van der Waals surface area contributed by atoms with Gasteiger partial charge in [-0.1, -0.05) is 39.0 Å². The van der Waals surface area contributed by atoms with Crippen LogP contribution in [-0.4, -0.2) is 23.0 Å². The van der Waals surface area contributed by atoms with Gasteiger partial charge in [-0.15, -0.1) is 0 Å². The Morgan fingerprint density at radius 3 is 2.25 bits per heavy atom. The van der Waals surface area contributed by atoms with E-state index in [2.05, 4.69) is 12.2 Å². The molecule has 0 radical (unpaired) electrons. The summed E-state index contributed by atoms with van der Waals surface area (Å²) in [7, 11) is 0. The van der Waals surface area contributed by atoms with Crippen molar-refractivity contribution >= 4 is 11.9 Å². The number of rotatable bonds is 4. The third-order valence-corrected chi connectivity index (χ3v) is 5.22. The lowest BCUT2D eigenvalue weighted by molar-refractivity contribution is -0.153. The fourth-order valence-electron chi connectivity index (χ4n) is 3.80. The number of hydrogen-bond donors (Lipinski definition) is 2. The number of hydrogen-bond acceptors (Lipinski definition) is 2. The van der Waals surface area contributed by atoms with Crippen molar-refractivity contribution in [2.45, 2.75) is 77.2 Å². The van der Waals surface area contributed by atoms with Crippen molar-refractivity contribution in [3.8, 4) is 0 Å². The molecule has 1 amide bonds. The van der Waals surface area contributed by atoms with Gasteiger partial charge in [-0.2, -0.15) is 0 Å². The van der Waals surface area contributed by atoms with Gasteiger partial charge in [0.15, 0.2) is 0 Å². The van der Waals surface area contributed by atoms with Crippen LogP contribution in [0.25, 0.3) is 0 Å². The molecule has 2 unspecified atom stereocenters. The summed E-state index contributed by atoms with van der Waals surface area (Å²) in [5.41, 5.74) is -0.817. The van der Waals surface area contributed by atoms with Crippen LogP contribution in [0.15, 0.2) is 0 Å². The summed E-state index contributed by atoms with van der Waals surface area (Å²) in [5, 5.41) is 12.7. The van der Waals surface area contributed by atoms with E-state index in [-0.39, 0.29) is 18.4 Å². The molecule has 114 valence electrons. The van der Waals surface area contributed by atoms with Crippen molar-refractivity contribution in [2.75, 3.05) is 0 Å². The molecular formula is C16H27NO3. The smallest absolute Gasteiger partial charge is 0.310 e. The Morgan fingerprint density at radius 1 is 1.10 bits per heavy atom. The highest BCUT2D eigenvalue weighted by Crippen LogP contribution is 2.38. The maximum absolute atomic E-state index is 12.3. The highest BCUT2D eigenvalue weighted by atomic mass is 16.4.